The lowest BCUT2D eigenvalue weighted by Crippen LogP contribution is -2.27. The van der Waals surface area contributed by atoms with E-state index in [0.29, 0.717) is 35.8 Å². The van der Waals surface area contributed by atoms with E-state index in [4.69, 9.17) is 0 Å². The Kier molecular flexibility index (Phi) is 5.42. The fourth-order valence-electron chi connectivity index (χ4n) is 3.16. The zero-order valence-electron chi connectivity index (χ0n) is 15.4. The molecular formula is C18H20N6O2S2. The first-order valence-corrected chi connectivity index (χ1v) is 11.3. The third kappa shape index (κ3) is 3.67. The van der Waals surface area contributed by atoms with Gasteiger partial charge in [0.2, 0.25) is 10.0 Å². The Labute approximate surface area is 168 Å². The fraction of sp³-hybridized carbons (Fsp3) is 0.333. The highest BCUT2D eigenvalue weighted by atomic mass is 32.2. The molecule has 28 heavy (non-hydrogen) atoms. The number of hydrogen-bond acceptors (Lipinski definition) is 7. The zero-order valence-corrected chi connectivity index (χ0v) is 17.0. The molecule has 2 aromatic heterocycles. The molecule has 8 nitrogen and oxygen atoms in total. The first kappa shape index (κ1) is 19.0. The van der Waals surface area contributed by atoms with Crippen molar-refractivity contribution in [3.8, 4) is 11.4 Å². The molecular weight excluding hydrogens is 396 g/mol. The molecule has 10 heteroatoms. The molecule has 1 aliphatic rings. The second-order valence-corrected chi connectivity index (χ2v) is 9.20. The van der Waals surface area contributed by atoms with Crippen LogP contribution in [0.2, 0.25) is 0 Å². The van der Waals surface area contributed by atoms with E-state index in [-0.39, 0.29) is 4.90 Å². The van der Waals surface area contributed by atoms with Crippen LogP contribution in [0.25, 0.3) is 11.4 Å². The monoisotopic (exact) mass is 416 g/mol. The largest absolute Gasteiger partial charge is 0.302 e. The summed E-state index contributed by atoms with van der Waals surface area (Å²) in [6.45, 7) is 3.79. The Morgan fingerprint density at radius 1 is 1.07 bits per heavy atom. The highest BCUT2D eigenvalue weighted by Crippen LogP contribution is 2.29. The Balaban J connectivity index is 1.68. The van der Waals surface area contributed by atoms with Crippen LogP contribution in [0, 0.1) is 0 Å². The van der Waals surface area contributed by atoms with Crippen LogP contribution in [0.3, 0.4) is 0 Å². The molecule has 3 heterocycles. The molecule has 0 N–H and O–H groups in total. The predicted molar refractivity (Wildman–Crippen MR) is 105 cm³/mol. The third-order valence-corrected chi connectivity index (χ3v) is 7.33. The van der Waals surface area contributed by atoms with Gasteiger partial charge in [-0.15, -0.1) is 10.2 Å². The maximum absolute atomic E-state index is 12.9. The summed E-state index contributed by atoms with van der Waals surface area (Å²) in [5.74, 6) is 0.624. The van der Waals surface area contributed by atoms with Gasteiger partial charge in [-0.25, -0.2) is 18.4 Å². The summed E-state index contributed by atoms with van der Waals surface area (Å²) < 4.78 is 29.2. The SMILES string of the molecule is CCn1c(Sc2ncccn2)nnc1-c1cccc(S(=O)(=O)N2CCCC2)c1. The van der Waals surface area contributed by atoms with Gasteiger partial charge in [-0.1, -0.05) is 12.1 Å². The minimum Gasteiger partial charge on any atom is -0.302 e. The quantitative estimate of drug-likeness (QED) is 0.570. The molecule has 0 unspecified atom stereocenters. The number of sulfonamides is 1. The van der Waals surface area contributed by atoms with Crippen LogP contribution in [-0.4, -0.2) is 50.5 Å². The van der Waals surface area contributed by atoms with E-state index < -0.39 is 10.0 Å². The second-order valence-electron chi connectivity index (χ2n) is 6.32. The molecule has 1 fully saturated rings. The lowest BCUT2D eigenvalue weighted by atomic mass is 10.2. The van der Waals surface area contributed by atoms with Gasteiger partial charge in [0.05, 0.1) is 4.90 Å². The third-order valence-electron chi connectivity index (χ3n) is 4.55. The molecule has 4 rings (SSSR count). The number of nitrogens with zero attached hydrogens (tertiary/aromatic N) is 6. The van der Waals surface area contributed by atoms with E-state index in [1.165, 1.54) is 11.8 Å². The van der Waals surface area contributed by atoms with Crippen LogP contribution >= 0.6 is 11.8 Å². The van der Waals surface area contributed by atoms with Crippen LogP contribution < -0.4 is 0 Å². The highest BCUT2D eigenvalue weighted by molar-refractivity contribution is 7.99. The molecule has 1 aliphatic heterocycles. The summed E-state index contributed by atoms with van der Waals surface area (Å²) in [6, 6.07) is 8.67. The topological polar surface area (TPSA) is 93.9 Å². The van der Waals surface area contributed by atoms with Crippen LogP contribution in [0.1, 0.15) is 19.8 Å². The van der Waals surface area contributed by atoms with Crippen molar-refractivity contribution in [2.24, 2.45) is 0 Å². The van der Waals surface area contributed by atoms with Gasteiger partial charge in [0, 0.05) is 37.6 Å². The zero-order chi connectivity index (χ0) is 19.6. The lowest BCUT2D eigenvalue weighted by molar-refractivity contribution is 0.477. The summed E-state index contributed by atoms with van der Waals surface area (Å²) in [7, 11) is -3.48. The van der Waals surface area contributed by atoms with E-state index in [9.17, 15) is 8.42 Å². The van der Waals surface area contributed by atoms with Crippen molar-refractivity contribution in [3.05, 3.63) is 42.7 Å². The van der Waals surface area contributed by atoms with Crippen molar-refractivity contribution in [3.63, 3.8) is 0 Å². The van der Waals surface area contributed by atoms with Gasteiger partial charge in [-0.2, -0.15) is 4.31 Å². The first-order valence-electron chi connectivity index (χ1n) is 9.08. The van der Waals surface area contributed by atoms with Crippen molar-refractivity contribution in [1.29, 1.82) is 0 Å². The summed E-state index contributed by atoms with van der Waals surface area (Å²) >= 11 is 1.33. The van der Waals surface area contributed by atoms with Gasteiger partial charge >= 0.3 is 0 Å². The normalized spacial score (nSPS) is 15.2. The smallest absolute Gasteiger partial charge is 0.243 e. The van der Waals surface area contributed by atoms with E-state index in [1.807, 2.05) is 17.6 Å². The first-order chi connectivity index (χ1) is 13.6. The van der Waals surface area contributed by atoms with Crippen molar-refractivity contribution >= 4 is 21.8 Å². The highest BCUT2D eigenvalue weighted by Gasteiger charge is 2.27. The fourth-order valence-corrected chi connectivity index (χ4v) is 5.52. The van der Waals surface area contributed by atoms with Gasteiger partial charge in [0.15, 0.2) is 16.1 Å². The van der Waals surface area contributed by atoms with E-state index in [1.54, 1.807) is 41.0 Å². The average Bonchev–Trinajstić information content (AvgIpc) is 3.39. The van der Waals surface area contributed by atoms with Crippen LogP contribution in [0.15, 0.2) is 57.9 Å². The predicted octanol–water partition coefficient (Wildman–Crippen LogP) is 2.69. The molecule has 0 saturated carbocycles. The molecule has 3 aromatic rings. The average molecular weight is 417 g/mol. The molecule has 0 aliphatic carbocycles. The van der Waals surface area contributed by atoms with Gasteiger partial charge in [-0.3, -0.25) is 0 Å². The molecule has 1 aromatic carbocycles. The molecule has 0 atom stereocenters. The summed E-state index contributed by atoms with van der Waals surface area (Å²) in [4.78, 5) is 8.71. The second kappa shape index (κ2) is 7.98. The molecule has 0 radical (unpaired) electrons. The van der Waals surface area contributed by atoms with Crippen LogP contribution in [0.5, 0.6) is 0 Å². The minimum atomic E-state index is -3.48. The maximum atomic E-state index is 12.9. The molecule has 1 saturated heterocycles. The number of hydrogen-bond donors (Lipinski definition) is 0. The Morgan fingerprint density at radius 3 is 2.54 bits per heavy atom. The summed E-state index contributed by atoms with van der Waals surface area (Å²) in [5.41, 5.74) is 0.718. The summed E-state index contributed by atoms with van der Waals surface area (Å²) in [5, 5.41) is 9.81. The molecule has 0 bridgehead atoms. The molecule has 0 spiro atoms. The van der Waals surface area contributed by atoms with Crippen LogP contribution in [-0.2, 0) is 16.6 Å². The van der Waals surface area contributed by atoms with Crippen molar-refractivity contribution in [2.75, 3.05) is 13.1 Å². The Bertz CT molecular complexity index is 1060. The Hall–Kier alpha value is -2.30. The lowest BCUT2D eigenvalue weighted by Gasteiger charge is -2.16. The number of rotatable bonds is 6. The number of benzene rings is 1. The van der Waals surface area contributed by atoms with Crippen molar-refractivity contribution in [2.45, 2.75) is 41.5 Å². The van der Waals surface area contributed by atoms with Crippen molar-refractivity contribution in [1.82, 2.24) is 29.0 Å². The maximum Gasteiger partial charge on any atom is 0.243 e. The van der Waals surface area contributed by atoms with E-state index in [2.05, 4.69) is 20.2 Å². The Morgan fingerprint density at radius 2 is 1.82 bits per heavy atom. The van der Waals surface area contributed by atoms with Crippen LogP contribution in [0.4, 0.5) is 0 Å². The molecule has 146 valence electrons. The van der Waals surface area contributed by atoms with Gasteiger partial charge < -0.3 is 4.57 Å². The van der Waals surface area contributed by atoms with Gasteiger partial charge in [0.1, 0.15) is 0 Å². The van der Waals surface area contributed by atoms with E-state index >= 15 is 0 Å². The van der Waals surface area contributed by atoms with Gasteiger partial charge in [-0.05, 0) is 49.7 Å². The number of aromatic nitrogens is 5. The minimum absolute atomic E-state index is 0.290. The standard InChI is InChI=1S/C18H20N6O2S2/c1-2-24-16(21-22-18(24)27-17-19-9-6-10-20-17)14-7-5-8-15(13-14)28(25,26)23-11-3-4-12-23/h5-10,13H,2-4,11-12H2,1H3. The van der Waals surface area contributed by atoms with Crippen molar-refractivity contribution < 1.29 is 8.42 Å². The summed E-state index contributed by atoms with van der Waals surface area (Å²) in [6.07, 6.45) is 5.17. The van der Waals surface area contributed by atoms with E-state index in [0.717, 1.165) is 18.4 Å². The molecule has 0 amide bonds. The van der Waals surface area contributed by atoms with Gasteiger partial charge in [0.25, 0.3) is 0 Å².